The number of piperidine rings is 1. The number of benzene rings is 1. The highest BCUT2D eigenvalue weighted by molar-refractivity contribution is 5.78. The Morgan fingerprint density at radius 1 is 1.39 bits per heavy atom. The largest absolute Gasteiger partial charge is 0.455 e. The van der Waals surface area contributed by atoms with E-state index in [1.807, 2.05) is 0 Å². The standard InChI is InChI=1S/C14H15F2NO/c15-11-5-1-3-9-7-12(18-14(9)11)13(16)10-4-2-6-17-8-10/h1,3,5,7,10,13,17H,2,4,6,8H2. The minimum Gasteiger partial charge on any atom is -0.455 e. The molecule has 1 aliphatic heterocycles. The third-order valence-electron chi connectivity index (χ3n) is 3.54. The molecule has 2 atom stereocenters. The second kappa shape index (κ2) is 4.69. The molecule has 1 saturated heterocycles. The van der Waals surface area contributed by atoms with Crippen molar-refractivity contribution < 1.29 is 13.2 Å². The summed E-state index contributed by atoms with van der Waals surface area (Å²) in [5.74, 6) is -0.279. The van der Waals surface area contributed by atoms with Crippen molar-refractivity contribution in [2.45, 2.75) is 19.0 Å². The number of fused-ring (bicyclic) bond motifs is 1. The predicted octanol–water partition coefficient (Wildman–Crippen LogP) is 3.58. The van der Waals surface area contributed by atoms with Gasteiger partial charge in [-0.05, 0) is 31.5 Å². The van der Waals surface area contributed by atoms with Gasteiger partial charge in [0, 0.05) is 17.8 Å². The third-order valence-corrected chi connectivity index (χ3v) is 3.54. The van der Waals surface area contributed by atoms with Crippen molar-refractivity contribution in [1.82, 2.24) is 5.32 Å². The van der Waals surface area contributed by atoms with Gasteiger partial charge in [-0.25, -0.2) is 8.78 Å². The van der Waals surface area contributed by atoms with Crippen molar-refractivity contribution >= 4 is 11.0 Å². The molecular formula is C14H15F2NO. The van der Waals surface area contributed by atoms with E-state index in [4.69, 9.17) is 4.42 Å². The summed E-state index contributed by atoms with van der Waals surface area (Å²) in [6, 6.07) is 6.27. The quantitative estimate of drug-likeness (QED) is 0.882. The molecule has 1 N–H and O–H groups in total. The number of alkyl halides is 1. The van der Waals surface area contributed by atoms with Gasteiger partial charge in [0.1, 0.15) is 5.76 Å². The highest BCUT2D eigenvalue weighted by Crippen LogP contribution is 2.34. The fourth-order valence-corrected chi connectivity index (χ4v) is 2.54. The van der Waals surface area contributed by atoms with E-state index in [9.17, 15) is 8.78 Å². The Kier molecular flexibility index (Phi) is 3.04. The van der Waals surface area contributed by atoms with Crippen molar-refractivity contribution in [2.24, 2.45) is 5.92 Å². The molecule has 2 unspecified atom stereocenters. The molecular weight excluding hydrogens is 236 g/mol. The van der Waals surface area contributed by atoms with Gasteiger partial charge in [-0.2, -0.15) is 0 Å². The Morgan fingerprint density at radius 2 is 2.28 bits per heavy atom. The Labute approximate surface area is 104 Å². The minimum absolute atomic E-state index is 0.0811. The maximum absolute atomic E-state index is 14.3. The summed E-state index contributed by atoms with van der Waals surface area (Å²) in [5, 5.41) is 3.80. The van der Waals surface area contributed by atoms with Crippen LogP contribution in [0.2, 0.25) is 0 Å². The molecule has 2 aromatic rings. The van der Waals surface area contributed by atoms with Crippen molar-refractivity contribution in [3.05, 3.63) is 35.8 Å². The maximum atomic E-state index is 14.3. The van der Waals surface area contributed by atoms with Gasteiger partial charge in [0.25, 0.3) is 0 Å². The number of para-hydroxylation sites is 1. The Hall–Kier alpha value is -1.42. The van der Waals surface area contributed by atoms with Crippen LogP contribution in [0.25, 0.3) is 11.0 Å². The zero-order valence-corrected chi connectivity index (χ0v) is 9.96. The Bertz CT molecular complexity index is 546. The van der Waals surface area contributed by atoms with E-state index < -0.39 is 12.0 Å². The number of nitrogens with one attached hydrogen (secondary N) is 1. The van der Waals surface area contributed by atoms with Crippen LogP contribution in [0.4, 0.5) is 8.78 Å². The second-order valence-electron chi connectivity index (χ2n) is 4.82. The average Bonchev–Trinajstić information content (AvgIpc) is 2.84. The van der Waals surface area contributed by atoms with E-state index in [1.54, 1.807) is 18.2 Å². The van der Waals surface area contributed by atoms with Gasteiger partial charge in [0.15, 0.2) is 17.6 Å². The first kappa shape index (κ1) is 11.7. The summed E-state index contributed by atoms with van der Waals surface area (Å²) in [7, 11) is 0. The van der Waals surface area contributed by atoms with Crippen LogP contribution in [-0.2, 0) is 0 Å². The molecule has 0 aliphatic carbocycles. The first-order chi connectivity index (χ1) is 8.75. The third kappa shape index (κ3) is 2.01. The number of furan rings is 1. The first-order valence-electron chi connectivity index (χ1n) is 6.28. The number of hydrogen-bond donors (Lipinski definition) is 1. The molecule has 2 nitrogen and oxygen atoms in total. The average molecular weight is 251 g/mol. The molecule has 1 aromatic carbocycles. The molecule has 0 bridgehead atoms. The van der Waals surface area contributed by atoms with Crippen molar-refractivity contribution in [3.63, 3.8) is 0 Å². The summed E-state index contributed by atoms with van der Waals surface area (Å²) in [6.45, 7) is 1.60. The first-order valence-corrected chi connectivity index (χ1v) is 6.28. The van der Waals surface area contributed by atoms with E-state index in [0.717, 1.165) is 19.4 Å². The van der Waals surface area contributed by atoms with E-state index in [0.29, 0.717) is 11.9 Å². The van der Waals surface area contributed by atoms with Gasteiger partial charge in [-0.1, -0.05) is 12.1 Å². The number of rotatable bonds is 2. The molecule has 4 heteroatoms. The van der Waals surface area contributed by atoms with Crippen LogP contribution in [0.5, 0.6) is 0 Å². The summed E-state index contributed by atoms with van der Waals surface area (Å²) < 4.78 is 33.1. The second-order valence-corrected chi connectivity index (χ2v) is 4.82. The Balaban J connectivity index is 1.91. The van der Waals surface area contributed by atoms with Crippen LogP contribution in [0.1, 0.15) is 24.8 Å². The van der Waals surface area contributed by atoms with Gasteiger partial charge in [-0.15, -0.1) is 0 Å². The summed E-state index contributed by atoms with van der Waals surface area (Å²) in [5.41, 5.74) is 0.152. The SMILES string of the molecule is Fc1cccc2cc(C(F)C3CCCNC3)oc12. The van der Waals surface area contributed by atoms with Crippen LogP contribution in [0.15, 0.2) is 28.7 Å². The minimum atomic E-state index is -1.16. The van der Waals surface area contributed by atoms with E-state index in [-0.39, 0.29) is 17.3 Å². The predicted molar refractivity (Wildman–Crippen MR) is 65.6 cm³/mol. The zero-order valence-electron chi connectivity index (χ0n) is 9.96. The fourth-order valence-electron chi connectivity index (χ4n) is 2.54. The molecule has 0 amide bonds. The number of halogens is 2. The van der Waals surface area contributed by atoms with Gasteiger partial charge in [0.05, 0.1) is 0 Å². The van der Waals surface area contributed by atoms with Gasteiger partial charge < -0.3 is 9.73 Å². The molecule has 1 aromatic heterocycles. The van der Waals surface area contributed by atoms with Crippen LogP contribution >= 0.6 is 0 Å². The fraction of sp³-hybridized carbons (Fsp3) is 0.429. The van der Waals surface area contributed by atoms with Crippen LogP contribution in [0.3, 0.4) is 0 Å². The zero-order chi connectivity index (χ0) is 12.5. The molecule has 1 fully saturated rings. The molecule has 96 valence electrons. The van der Waals surface area contributed by atoms with Crippen molar-refractivity contribution in [2.75, 3.05) is 13.1 Å². The smallest absolute Gasteiger partial charge is 0.170 e. The van der Waals surface area contributed by atoms with Crippen LogP contribution in [0, 0.1) is 11.7 Å². The topological polar surface area (TPSA) is 25.2 Å². The normalized spacial score (nSPS) is 22.2. The molecule has 2 heterocycles. The van der Waals surface area contributed by atoms with Crippen molar-refractivity contribution in [1.29, 1.82) is 0 Å². The van der Waals surface area contributed by atoms with Crippen LogP contribution in [-0.4, -0.2) is 13.1 Å². The monoisotopic (exact) mass is 251 g/mol. The molecule has 18 heavy (non-hydrogen) atoms. The van der Waals surface area contributed by atoms with Gasteiger partial charge in [-0.3, -0.25) is 0 Å². The molecule has 1 aliphatic rings. The molecule has 0 radical (unpaired) electrons. The van der Waals surface area contributed by atoms with Gasteiger partial charge in [0.2, 0.25) is 0 Å². The summed E-state index contributed by atoms with van der Waals surface area (Å²) in [4.78, 5) is 0. The maximum Gasteiger partial charge on any atom is 0.170 e. The summed E-state index contributed by atoms with van der Waals surface area (Å²) in [6.07, 6.45) is 0.650. The van der Waals surface area contributed by atoms with Crippen LogP contribution < -0.4 is 5.32 Å². The van der Waals surface area contributed by atoms with Crippen molar-refractivity contribution in [3.8, 4) is 0 Å². The van der Waals surface area contributed by atoms with Gasteiger partial charge >= 0.3 is 0 Å². The lowest BCUT2D eigenvalue weighted by Crippen LogP contribution is -2.32. The highest BCUT2D eigenvalue weighted by Gasteiger charge is 2.27. The molecule has 0 spiro atoms. The summed E-state index contributed by atoms with van der Waals surface area (Å²) >= 11 is 0. The lowest BCUT2D eigenvalue weighted by molar-refractivity contribution is 0.169. The molecule has 3 rings (SSSR count). The molecule has 0 saturated carbocycles. The lowest BCUT2D eigenvalue weighted by atomic mass is 9.93. The number of hydrogen-bond acceptors (Lipinski definition) is 2. The lowest BCUT2D eigenvalue weighted by Gasteiger charge is -2.24. The highest BCUT2D eigenvalue weighted by atomic mass is 19.1. The van der Waals surface area contributed by atoms with E-state index in [1.165, 1.54) is 6.07 Å². The Morgan fingerprint density at radius 3 is 3.00 bits per heavy atom. The van der Waals surface area contributed by atoms with E-state index >= 15 is 0 Å². The van der Waals surface area contributed by atoms with E-state index in [2.05, 4.69) is 5.32 Å².